The Hall–Kier alpha value is -2.11. The smallest absolute Gasteiger partial charge is 0.332 e. The van der Waals surface area contributed by atoms with Crippen LogP contribution in [0, 0.1) is 17.2 Å². The van der Waals surface area contributed by atoms with E-state index >= 15 is 0 Å². The number of anilines is 1. The summed E-state index contributed by atoms with van der Waals surface area (Å²) in [5, 5.41) is 9.47. The summed E-state index contributed by atoms with van der Waals surface area (Å²) in [7, 11) is 3.04. The van der Waals surface area contributed by atoms with Crippen molar-refractivity contribution in [3.8, 4) is 6.07 Å². The lowest BCUT2D eigenvalue weighted by atomic mass is 9.93. The van der Waals surface area contributed by atoms with Gasteiger partial charge in [-0.3, -0.25) is 18.8 Å². The molecule has 2 aliphatic rings. The minimum atomic E-state index is -0.515. The molecule has 28 heavy (non-hydrogen) atoms. The highest BCUT2D eigenvalue weighted by atomic mass is 16.5. The van der Waals surface area contributed by atoms with Crippen LogP contribution in [-0.4, -0.2) is 59.0 Å². The van der Waals surface area contributed by atoms with Crippen LogP contribution in [0.5, 0.6) is 0 Å². The Morgan fingerprint density at radius 2 is 1.68 bits per heavy atom. The summed E-state index contributed by atoms with van der Waals surface area (Å²) in [6, 6.07) is 2.00. The molecule has 2 aliphatic heterocycles. The largest absolute Gasteiger partial charge is 0.373 e. The van der Waals surface area contributed by atoms with Gasteiger partial charge < -0.3 is 9.64 Å². The van der Waals surface area contributed by atoms with Gasteiger partial charge in [0.2, 0.25) is 0 Å². The molecule has 2 fully saturated rings. The summed E-state index contributed by atoms with van der Waals surface area (Å²) in [6.07, 6.45) is 3.73. The molecule has 3 rings (SSSR count). The average molecular weight is 390 g/mol. The van der Waals surface area contributed by atoms with Crippen molar-refractivity contribution in [1.82, 2.24) is 14.0 Å². The second-order valence-corrected chi connectivity index (χ2v) is 8.25. The first-order chi connectivity index (χ1) is 13.3. The first-order valence-electron chi connectivity index (χ1n) is 10.1. The maximum absolute atomic E-state index is 12.3. The number of nitrogens with zero attached hydrogens (tertiary/aromatic N) is 5. The predicted octanol–water partition coefficient (Wildman–Crippen LogP) is 0.671. The van der Waals surface area contributed by atoms with E-state index < -0.39 is 11.2 Å². The van der Waals surface area contributed by atoms with Crippen LogP contribution in [0.15, 0.2) is 9.59 Å². The molecule has 2 unspecified atom stereocenters. The molecule has 1 aromatic heterocycles. The van der Waals surface area contributed by atoms with E-state index in [0.717, 1.165) is 56.6 Å². The number of rotatable bonds is 4. The summed E-state index contributed by atoms with van der Waals surface area (Å²) in [6.45, 7) is 8.83. The summed E-state index contributed by atoms with van der Waals surface area (Å²) in [4.78, 5) is 29.1. The van der Waals surface area contributed by atoms with Gasteiger partial charge >= 0.3 is 5.69 Å². The predicted molar refractivity (Wildman–Crippen MR) is 108 cm³/mol. The van der Waals surface area contributed by atoms with Crippen molar-refractivity contribution < 1.29 is 4.74 Å². The fourth-order valence-corrected chi connectivity index (χ4v) is 4.57. The van der Waals surface area contributed by atoms with Crippen LogP contribution < -0.4 is 16.1 Å². The topological polar surface area (TPSA) is 83.5 Å². The number of piperidine rings is 1. The zero-order valence-corrected chi connectivity index (χ0v) is 17.3. The molecule has 0 saturated carbocycles. The number of hydrogen-bond donors (Lipinski definition) is 0. The number of hydrogen-bond acceptors (Lipinski definition) is 6. The van der Waals surface area contributed by atoms with Gasteiger partial charge in [0.25, 0.3) is 5.56 Å². The number of ether oxygens (including phenoxy) is 1. The van der Waals surface area contributed by atoms with Crippen molar-refractivity contribution in [2.75, 3.05) is 37.6 Å². The third kappa shape index (κ3) is 4.15. The molecule has 154 valence electrons. The Bertz CT molecular complexity index is 850. The van der Waals surface area contributed by atoms with Gasteiger partial charge in [-0.25, -0.2) is 4.79 Å². The second-order valence-electron chi connectivity index (χ2n) is 8.25. The molecule has 0 spiro atoms. The van der Waals surface area contributed by atoms with E-state index in [-0.39, 0.29) is 17.8 Å². The first kappa shape index (κ1) is 20.6. The van der Waals surface area contributed by atoms with Gasteiger partial charge in [0.1, 0.15) is 11.9 Å². The van der Waals surface area contributed by atoms with Crippen LogP contribution in [0.25, 0.3) is 0 Å². The molecule has 2 saturated heterocycles. The van der Waals surface area contributed by atoms with Crippen LogP contribution in [-0.2, 0) is 18.8 Å². The maximum atomic E-state index is 12.3. The fraction of sp³-hybridized carbons (Fsp3) is 0.750. The zero-order valence-electron chi connectivity index (χ0n) is 17.3. The number of nitriles is 1. The molecule has 0 radical (unpaired) electrons. The second kappa shape index (κ2) is 8.50. The molecule has 2 atom stereocenters. The lowest BCUT2D eigenvalue weighted by Gasteiger charge is -2.38. The minimum Gasteiger partial charge on any atom is -0.373 e. The summed E-state index contributed by atoms with van der Waals surface area (Å²) in [5.74, 6) is 1.09. The van der Waals surface area contributed by atoms with Crippen LogP contribution in [0.2, 0.25) is 0 Å². The SMILES string of the molecule is CC1CN(CCC2CCN(c3c(C#N)c(=O)n(C)c(=O)n3C)CC2)CC(C)O1. The van der Waals surface area contributed by atoms with E-state index in [1.165, 1.54) is 11.6 Å². The highest BCUT2D eigenvalue weighted by Gasteiger charge is 2.27. The average Bonchev–Trinajstić information content (AvgIpc) is 2.67. The lowest BCUT2D eigenvalue weighted by Crippen LogP contribution is -2.46. The molecule has 0 aromatic carbocycles. The molecule has 0 N–H and O–H groups in total. The van der Waals surface area contributed by atoms with Gasteiger partial charge in [-0.05, 0) is 45.6 Å². The molecular formula is C20H31N5O3. The zero-order chi connectivity index (χ0) is 20.4. The normalized spacial score (nSPS) is 24.3. The van der Waals surface area contributed by atoms with Gasteiger partial charge in [-0.15, -0.1) is 0 Å². The third-order valence-electron chi connectivity index (χ3n) is 6.01. The van der Waals surface area contributed by atoms with Gasteiger partial charge in [0.15, 0.2) is 5.56 Å². The fourth-order valence-electron chi connectivity index (χ4n) is 4.57. The number of aromatic nitrogens is 2. The maximum Gasteiger partial charge on any atom is 0.332 e. The van der Waals surface area contributed by atoms with E-state index in [4.69, 9.17) is 4.74 Å². The van der Waals surface area contributed by atoms with Crippen molar-refractivity contribution in [2.45, 2.75) is 45.3 Å². The molecule has 3 heterocycles. The first-order valence-corrected chi connectivity index (χ1v) is 10.1. The van der Waals surface area contributed by atoms with Gasteiger partial charge in [-0.2, -0.15) is 5.26 Å². The highest BCUT2D eigenvalue weighted by Crippen LogP contribution is 2.26. The molecule has 0 aliphatic carbocycles. The van der Waals surface area contributed by atoms with Crippen LogP contribution in [0.4, 0.5) is 5.82 Å². The van der Waals surface area contributed by atoms with Crippen molar-refractivity contribution in [3.05, 3.63) is 26.4 Å². The van der Waals surface area contributed by atoms with Crippen molar-refractivity contribution in [1.29, 1.82) is 5.26 Å². The Kier molecular flexibility index (Phi) is 6.26. The van der Waals surface area contributed by atoms with Crippen LogP contribution in [0.3, 0.4) is 0 Å². The standard InChI is InChI=1S/C20H31N5O3/c1-14-12-24(13-15(2)28-14)8-5-16-6-9-25(10-7-16)18-17(11-21)19(26)23(4)20(27)22(18)3/h14-16H,5-10,12-13H2,1-4H3. The van der Waals surface area contributed by atoms with Crippen molar-refractivity contribution >= 4 is 5.82 Å². The quantitative estimate of drug-likeness (QED) is 0.753. The molecule has 0 amide bonds. The lowest BCUT2D eigenvalue weighted by molar-refractivity contribution is -0.0690. The Morgan fingerprint density at radius 1 is 1.07 bits per heavy atom. The summed E-state index contributed by atoms with van der Waals surface area (Å²) in [5.41, 5.74) is -0.852. The van der Waals surface area contributed by atoms with E-state index in [1.54, 1.807) is 7.05 Å². The monoisotopic (exact) mass is 389 g/mol. The van der Waals surface area contributed by atoms with E-state index in [0.29, 0.717) is 11.7 Å². The van der Waals surface area contributed by atoms with Gasteiger partial charge in [0.05, 0.1) is 12.2 Å². The summed E-state index contributed by atoms with van der Waals surface area (Å²) < 4.78 is 8.23. The Morgan fingerprint density at radius 3 is 2.25 bits per heavy atom. The molecule has 8 heteroatoms. The Labute approximate surface area is 165 Å². The van der Waals surface area contributed by atoms with Crippen LogP contribution in [0.1, 0.15) is 38.7 Å². The van der Waals surface area contributed by atoms with Crippen molar-refractivity contribution in [3.63, 3.8) is 0 Å². The third-order valence-corrected chi connectivity index (χ3v) is 6.01. The Balaban J connectivity index is 1.63. The molecule has 0 bridgehead atoms. The summed E-state index contributed by atoms with van der Waals surface area (Å²) >= 11 is 0. The van der Waals surface area contributed by atoms with Crippen LogP contribution >= 0.6 is 0 Å². The van der Waals surface area contributed by atoms with Crippen molar-refractivity contribution in [2.24, 2.45) is 20.0 Å². The molecular weight excluding hydrogens is 358 g/mol. The van der Waals surface area contributed by atoms with E-state index in [1.807, 2.05) is 11.0 Å². The number of morpholine rings is 1. The molecule has 8 nitrogen and oxygen atoms in total. The molecule has 1 aromatic rings. The highest BCUT2D eigenvalue weighted by molar-refractivity contribution is 5.53. The van der Waals surface area contributed by atoms with Gasteiger partial charge in [0, 0.05) is 40.3 Å². The van der Waals surface area contributed by atoms with E-state index in [9.17, 15) is 14.9 Å². The van der Waals surface area contributed by atoms with Gasteiger partial charge in [-0.1, -0.05) is 0 Å². The minimum absolute atomic E-state index is 0.0549. The van der Waals surface area contributed by atoms with E-state index in [2.05, 4.69) is 18.7 Å².